The Morgan fingerprint density at radius 1 is 1.29 bits per heavy atom. The number of aromatic nitrogens is 2. The number of rotatable bonds is 9. The highest BCUT2D eigenvalue weighted by Gasteiger charge is 2.27. The predicted molar refractivity (Wildman–Crippen MR) is 113 cm³/mol. The summed E-state index contributed by atoms with van der Waals surface area (Å²) in [5.41, 5.74) is 1.68. The molecule has 1 heterocycles. The topological polar surface area (TPSA) is 75.4 Å². The van der Waals surface area contributed by atoms with Crippen LogP contribution in [-0.4, -0.2) is 31.6 Å². The van der Waals surface area contributed by atoms with Crippen LogP contribution in [0.1, 0.15) is 81.5 Å². The Balaban J connectivity index is 2.36. The summed E-state index contributed by atoms with van der Waals surface area (Å²) >= 11 is 6.14. The maximum Gasteiger partial charge on any atom is 0.339 e. The van der Waals surface area contributed by atoms with Crippen molar-refractivity contribution in [3.05, 3.63) is 46.2 Å². The lowest BCUT2D eigenvalue weighted by Gasteiger charge is -2.18. The van der Waals surface area contributed by atoms with Gasteiger partial charge in [0.05, 0.1) is 22.7 Å². The SMILES string of the molecule is CC(CCCC(C)(C)O)Cc1nn(-c2cccc(Cl)c2)c(C(C)C)c1C(=O)O. The van der Waals surface area contributed by atoms with E-state index < -0.39 is 11.6 Å². The van der Waals surface area contributed by atoms with Crippen molar-refractivity contribution >= 4 is 17.6 Å². The number of halogens is 1. The largest absolute Gasteiger partial charge is 0.478 e. The Kier molecular flexibility index (Phi) is 7.29. The molecule has 0 bridgehead atoms. The van der Waals surface area contributed by atoms with Crippen molar-refractivity contribution in [3.63, 3.8) is 0 Å². The third-order valence-electron chi connectivity index (χ3n) is 4.83. The van der Waals surface area contributed by atoms with Crippen molar-refractivity contribution in [1.29, 1.82) is 0 Å². The van der Waals surface area contributed by atoms with Gasteiger partial charge in [0, 0.05) is 5.02 Å². The van der Waals surface area contributed by atoms with E-state index in [9.17, 15) is 15.0 Å². The Hall–Kier alpha value is -1.85. The molecule has 0 aliphatic carbocycles. The van der Waals surface area contributed by atoms with Crippen molar-refractivity contribution < 1.29 is 15.0 Å². The first kappa shape index (κ1) is 22.4. The van der Waals surface area contributed by atoms with Gasteiger partial charge in [-0.2, -0.15) is 5.10 Å². The molecule has 0 radical (unpaired) electrons. The molecule has 5 nitrogen and oxygen atoms in total. The molecule has 1 aromatic heterocycles. The standard InChI is InChI=1S/C22H31ClN2O3/c1-14(2)20-19(21(26)27)18(12-15(3)8-7-11-22(4,5)28)24-25(20)17-10-6-9-16(23)13-17/h6,9-10,13-15,28H,7-8,11-12H2,1-5H3,(H,26,27). The molecule has 0 saturated carbocycles. The molecule has 1 unspecified atom stereocenters. The second-order valence-electron chi connectivity index (χ2n) is 8.57. The minimum absolute atomic E-state index is 0.00294. The van der Waals surface area contributed by atoms with Crippen LogP contribution >= 0.6 is 11.6 Å². The van der Waals surface area contributed by atoms with Crippen LogP contribution in [0.5, 0.6) is 0 Å². The van der Waals surface area contributed by atoms with Crippen molar-refractivity contribution in [2.75, 3.05) is 0 Å². The zero-order valence-corrected chi connectivity index (χ0v) is 18.1. The van der Waals surface area contributed by atoms with Crippen LogP contribution in [0.3, 0.4) is 0 Å². The van der Waals surface area contributed by atoms with E-state index in [0.717, 1.165) is 24.9 Å². The van der Waals surface area contributed by atoms with E-state index in [-0.39, 0.29) is 11.8 Å². The number of nitrogens with zero attached hydrogens (tertiary/aromatic N) is 2. The van der Waals surface area contributed by atoms with E-state index >= 15 is 0 Å². The average molecular weight is 407 g/mol. The Morgan fingerprint density at radius 2 is 1.96 bits per heavy atom. The number of benzene rings is 1. The van der Waals surface area contributed by atoms with E-state index in [1.165, 1.54) is 0 Å². The molecule has 2 rings (SSSR count). The Bertz CT molecular complexity index is 822. The van der Waals surface area contributed by atoms with Crippen LogP contribution in [0.4, 0.5) is 0 Å². The molecule has 154 valence electrons. The van der Waals surface area contributed by atoms with Crippen LogP contribution in [0.25, 0.3) is 5.69 Å². The van der Waals surface area contributed by atoms with Crippen molar-refractivity contribution in [1.82, 2.24) is 9.78 Å². The van der Waals surface area contributed by atoms with Crippen molar-refractivity contribution in [3.8, 4) is 5.69 Å². The van der Waals surface area contributed by atoms with Crippen LogP contribution in [-0.2, 0) is 6.42 Å². The third-order valence-corrected chi connectivity index (χ3v) is 5.07. The molecule has 2 aromatic rings. The number of carbonyl (C=O) groups is 1. The predicted octanol–water partition coefficient (Wildman–Crippen LogP) is 5.47. The number of aliphatic hydroxyl groups is 1. The van der Waals surface area contributed by atoms with Crippen LogP contribution in [0, 0.1) is 5.92 Å². The lowest BCUT2D eigenvalue weighted by molar-refractivity contribution is 0.0669. The number of aromatic carboxylic acids is 1. The van der Waals surface area contributed by atoms with Crippen LogP contribution in [0.15, 0.2) is 24.3 Å². The maximum atomic E-state index is 12.1. The van der Waals surface area contributed by atoms with Gasteiger partial charge in [0.1, 0.15) is 5.56 Å². The molecule has 0 amide bonds. The smallest absolute Gasteiger partial charge is 0.339 e. The van der Waals surface area contributed by atoms with Gasteiger partial charge in [-0.1, -0.05) is 51.3 Å². The van der Waals surface area contributed by atoms with Gasteiger partial charge in [0.15, 0.2) is 0 Å². The molecule has 0 spiro atoms. The fourth-order valence-corrected chi connectivity index (χ4v) is 3.69. The fourth-order valence-electron chi connectivity index (χ4n) is 3.51. The molecule has 6 heteroatoms. The molecule has 1 aromatic carbocycles. The first-order chi connectivity index (χ1) is 13.0. The molecule has 1 atom stereocenters. The maximum absolute atomic E-state index is 12.1. The third kappa shape index (κ3) is 5.82. The second-order valence-corrected chi connectivity index (χ2v) is 9.01. The van der Waals surface area contributed by atoms with Gasteiger partial charge in [-0.3, -0.25) is 0 Å². The summed E-state index contributed by atoms with van der Waals surface area (Å²) in [6.07, 6.45) is 3.10. The van der Waals surface area contributed by atoms with Gasteiger partial charge in [0.25, 0.3) is 0 Å². The summed E-state index contributed by atoms with van der Waals surface area (Å²) < 4.78 is 1.72. The molecule has 0 fully saturated rings. The van der Waals surface area contributed by atoms with E-state index in [1.807, 2.05) is 39.8 Å². The normalized spacial score (nSPS) is 13.1. The summed E-state index contributed by atoms with van der Waals surface area (Å²) in [4.78, 5) is 12.1. The van der Waals surface area contributed by atoms with E-state index in [0.29, 0.717) is 28.4 Å². The minimum atomic E-state index is -0.948. The number of carboxylic acid groups (broad SMARTS) is 1. The highest BCUT2D eigenvalue weighted by Crippen LogP contribution is 2.29. The molecular formula is C22H31ClN2O3. The molecular weight excluding hydrogens is 376 g/mol. The van der Waals surface area contributed by atoms with E-state index in [1.54, 1.807) is 16.8 Å². The monoisotopic (exact) mass is 406 g/mol. The highest BCUT2D eigenvalue weighted by molar-refractivity contribution is 6.30. The zero-order chi connectivity index (χ0) is 21.1. The molecule has 28 heavy (non-hydrogen) atoms. The highest BCUT2D eigenvalue weighted by atomic mass is 35.5. The summed E-state index contributed by atoms with van der Waals surface area (Å²) in [5.74, 6) is -0.685. The Morgan fingerprint density at radius 3 is 2.50 bits per heavy atom. The lowest BCUT2D eigenvalue weighted by Crippen LogP contribution is -2.18. The quantitative estimate of drug-likeness (QED) is 0.579. The fraction of sp³-hybridized carbons (Fsp3) is 0.545. The summed E-state index contributed by atoms with van der Waals surface area (Å²) in [6.45, 7) is 9.66. The van der Waals surface area contributed by atoms with Gasteiger partial charge in [-0.25, -0.2) is 9.48 Å². The average Bonchev–Trinajstić information content (AvgIpc) is 2.93. The minimum Gasteiger partial charge on any atom is -0.478 e. The van der Waals surface area contributed by atoms with E-state index in [2.05, 4.69) is 12.0 Å². The molecule has 0 aliphatic rings. The molecule has 0 aliphatic heterocycles. The van der Waals surface area contributed by atoms with Gasteiger partial charge >= 0.3 is 5.97 Å². The summed E-state index contributed by atoms with van der Waals surface area (Å²) in [5, 5.41) is 25.0. The number of hydrogen-bond acceptors (Lipinski definition) is 3. The number of hydrogen-bond donors (Lipinski definition) is 2. The van der Waals surface area contributed by atoms with E-state index in [4.69, 9.17) is 11.6 Å². The van der Waals surface area contributed by atoms with Crippen LogP contribution < -0.4 is 0 Å². The number of carboxylic acids is 1. The second kappa shape index (κ2) is 9.10. The van der Waals surface area contributed by atoms with Gasteiger partial charge in [-0.05, 0) is 56.7 Å². The summed E-state index contributed by atoms with van der Waals surface area (Å²) in [6, 6.07) is 7.30. The van der Waals surface area contributed by atoms with Crippen molar-refractivity contribution in [2.24, 2.45) is 5.92 Å². The molecule has 0 saturated heterocycles. The van der Waals surface area contributed by atoms with Gasteiger partial charge in [-0.15, -0.1) is 0 Å². The van der Waals surface area contributed by atoms with Gasteiger partial charge < -0.3 is 10.2 Å². The van der Waals surface area contributed by atoms with Crippen molar-refractivity contribution in [2.45, 2.75) is 71.8 Å². The zero-order valence-electron chi connectivity index (χ0n) is 17.4. The van der Waals surface area contributed by atoms with Crippen LogP contribution in [0.2, 0.25) is 5.02 Å². The Labute approximate surface area is 172 Å². The first-order valence-electron chi connectivity index (χ1n) is 9.83. The molecule has 2 N–H and O–H groups in total. The first-order valence-corrected chi connectivity index (χ1v) is 10.2. The summed E-state index contributed by atoms with van der Waals surface area (Å²) in [7, 11) is 0. The van der Waals surface area contributed by atoms with Gasteiger partial charge in [0.2, 0.25) is 0 Å². The lowest BCUT2D eigenvalue weighted by atomic mass is 9.92.